The lowest BCUT2D eigenvalue weighted by molar-refractivity contribution is -0.136. The van der Waals surface area contributed by atoms with Crippen molar-refractivity contribution in [2.24, 2.45) is 0 Å². The molecule has 1 heterocycles. The summed E-state index contributed by atoms with van der Waals surface area (Å²) in [6, 6.07) is 6.90. The monoisotopic (exact) mass is 344 g/mol. The summed E-state index contributed by atoms with van der Waals surface area (Å²) in [6.45, 7) is 1.60. The molecule has 1 saturated carbocycles. The maximum Gasteiger partial charge on any atom is 0.313 e. The summed E-state index contributed by atoms with van der Waals surface area (Å²) in [6.07, 6.45) is 2.70. The van der Waals surface area contributed by atoms with Crippen LogP contribution >= 0.6 is 0 Å². The summed E-state index contributed by atoms with van der Waals surface area (Å²) < 4.78 is 1.81. The van der Waals surface area contributed by atoms with Crippen LogP contribution in [0.2, 0.25) is 0 Å². The smallest absolute Gasteiger partial charge is 0.313 e. The lowest BCUT2D eigenvalue weighted by Gasteiger charge is -2.13. The Morgan fingerprint density at radius 3 is 2.60 bits per heavy atom. The average Bonchev–Trinajstić information content (AvgIpc) is 3.36. The fourth-order valence-electron chi connectivity index (χ4n) is 2.37. The van der Waals surface area contributed by atoms with Gasteiger partial charge in [0.05, 0.1) is 18.7 Å². The Balaban J connectivity index is 1.63. The first-order chi connectivity index (χ1) is 12.1. The van der Waals surface area contributed by atoms with E-state index in [0.29, 0.717) is 24.0 Å². The Morgan fingerprint density at radius 1 is 1.28 bits per heavy atom. The molecule has 0 spiro atoms. The van der Waals surface area contributed by atoms with Gasteiger partial charge in [-0.25, -0.2) is 4.68 Å². The molecule has 2 amide bonds. The molecule has 0 bridgehead atoms. The highest BCUT2D eigenvalue weighted by Gasteiger charge is 2.28. The normalized spacial score (nSPS) is 14.8. The second-order valence-corrected chi connectivity index (χ2v) is 5.97. The lowest BCUT2D eigenvalue weighted by Crippen LogP contribution is -2.43. The first-order valence-electron chi connectivity index (χ1n) is 8.23. The molecule has 9 nitrogen and oxygen atoms in total. The number of nitrogens with zero attached hydrogens (tertiary/aromatic N) is 4. The zero-order chi connectivity index (χ0) is 17.8. The number of benzene rings is 1. The van der Waals surface area contributed by atoms with Gasteiger partial charge in [-0.3, -0.25) is 9.59 Å². The number of carbonyl (C=O) groups excluding carboxylic acids is 2. The van der Waals surface area contributed by atoms with E-state index in [1.165, 1.54) is 0 Å². The van der Waals surface area contributed by atoms with Crippen molar-refractivity contribution in [3.8, 4) is 11.4 Å². The van der Waals surface area contributed by atoms with E-state index in [1.54, 1.807) is 28.9 Å². The van der Waals surface area contributed by atoms with E-state index in [2.05, 4.69) is 26.2 Å². The van der Waals surface area contributed by atoms with Gasteiger partial charge in [-0.05, 0) is 54.0 Å². The molecule has 2 aromatic rings. The minimum atomic E-state index is -0.775. The molecule has 0 saturated heterocycles. The maximum atomic E-state index is 11.9. The van der Waals surface area contributed by atoms with Gasteiger partial charge in [-0.2, -0.15) is 0 Å². The molecule has 3 rings (SSSR count). The van der Waals surface area contributed by atoms with Crippen molar-refractivity contribution in [3.05, 3.63) is 24.3 Å². The number of hydrogen-bond donors (Lipinski definition) is 3. The van der Waals surface area contributed by atoms with Crippen molar-refractivity contribution in [1.82, 2.24) is 25.5 Å². The van der Waals surface area contributed by atoms with E-state index in [1.807, 2.05) is 6.92 Å². The summed E-state index contributed by atoms with van der Waals surface area (Å²) in [5.74, 6) is -0.864. The number of nitrogens with one attached hydrogen (secondary N) is 2. The molecular weight excluding hydrogens is 324 g/mol. The van der Waals surface area contributed by atoms with Crippen LogP contribution in [-0.4, -0.2) is 49.8 Å². The summed E-state index contributed by atoms with van der Waals surface area (Å²) in [5, 5.41) is 25.8. The number of aliphatic hydroxyl groups excluding tert-OH is 1. The molecule has 1 aliphatic carbocycles. The predicted octanol–water partition coefficient (Wildman–Crippen LogP) is 0.501. The molecule has 0 radical (unpaired) electrons. The van der Waals surface area contributed by atoms with Crippen LogP contribution in [0.4, 0.5) is 5.69 Å². The Bertz CT molecular complexity index is 749. The fraction of sp³-hybridized carbons (Fsp3) is 0.438. The number of amides is 2. The molecule has 0 aliphatic heterocycles. The summed E-state index contributed by atoms with van der Waals surface area (Å²) in [7, 11) is 0. The topological polar surface area (TPSA) is 122 Å². The quantitative estimate of drug-likeness (QED) is 0.656. The lowest BCUT2D eigenvalue weighted by atomic mass is 10.2. The number of tetrazole rings is 1. The number of aromatic nitrogens is 4. The number of rotatable bonds is 6. The summed E-state index contributed by atoms with van der Waals surface area (Å²) in [4.78, 5) is 23.7. The first-order valence-corrected chi connectivity index (χ1v) is 8.23. The highest BCUT2D eigenvalue weighted by atomic mass is 16.3. The average molecular weight is 344 g/mol. The predicted molar refractivity (Wildman–Crippen MR) is 89.5 cm³/mol. The van der Waals surface area contributed by atoms with Crippen LogP contribution in [0.1, 0.15) is 32.2 Å². The third kappa shape index (κ3) is 4.00. The van der Waals surface area contributed by atoms with Crippen LogP contribution in [0, 0.1) is 0 Å². The van der Waals surface area contributed by atoms with Gasteiger partial charge >= 0.3 is 11.8 Å². The van der Waals surface area contributed by atoms with Crippen LogP contribution in [0.25, 0.3) is 11.4 Å². The van der Waals surface area contributed by atoms with Gasteiger partial charge in [0.25, 0.3) is 0 Å². The molecule has 25 heavy (non-hydrogen) atoms. The molecule has 1 aromatic carbocycles. The van der Waals surface area contributed by atoms with Gasteiger partial charge in [0.15, 0.2) is 5.82 Å². The van der Waals surface area contributed by atoms with E-state index in [0.717, 1.165) is 18.4 Å². The highest BCUT2D eigenvalue weighted by molar-refractivity contribution is 6.39. The van der Waals surface area contributed by atoms with E-state index in [-0.39, 0.29) is 6.61 Å². The zero-order valence-electron chi connectivity index (χ0n) is 13.8. The highest BCUT2D eigenvalue weighted by Crippen LogP contribution is 2.36. The van der Waals surface area contributed by atoms with Crippen molar-refractivity contribution in [2.75, 3.05) is 11.9 Å². The van der Waals surface area contributed by atoms with Crippen LogP contribution in [0.5, 0.6) is 0 Å². The van der Waals surface area contributed by atoms with E-state index in [9.17, 15) is 9.59 Å². The molecule has 3 N–H and O–H groups in total. The summed E-state index contributed by atoms with van der Waals surface area (Å²) in [5.41, 5.74) is 1.33. The van der Waals surface area contributed by atoms with Crippen molar-refractivity contribution >= 4 is 17.5 Å². The number of anilines is 1. The van der Waals surface area contributed by atoms with Crippen LogP contribution in [-0.2, 0) is 9.59 Å². The zero-order valence-corrected chi connectivity index (χ0v) is 13.8. The van der Waals surface area contributed by atoms with Gasteiger partial charge in [0.1, 0.15) is 0 Å². The standard InChI is InChI=1S/C16H20N6O3/c1-2-11(9-23)17-15(24)16(25)18-12-5-3-10(4-6-12)14-19-20-21-22(14)13-7-8-13/h3-6,11,13,23H,2,7-9H2,1H3,(H,17,24)(H,18,25). The first kappa shape index (κ1) is 17.0. The molecular formula is C16H20N6O3. The van der Waals surface area contributed by atoms with E-state index < -0.39 is 17.9 Å². The van der Waals surface area contributed by atoms with Crippen molar-refractivity contribution in [2.45, 2.75) is 38.3 Å². The summed E-state index contributed by atoms with van der Waals surface area (Å²) >= 11 is 0. The molecule has 1 unspecified atom stereocenters. The second kappa shape index (κ2) is 7.39. The van der Waals surface area contributed by atoms with Gasteiger partial charge in [0, 0.05) is 11.3 Å². The SMILES string of the molecule is CCC(CO)NC(=O)C(=O)Nc1ccc(-c2nnnn2C2CC2)cc1. The molecule has 1 fully saturated rings. The molecule has 1 atom stereocenters. The molecule has 1 aliphatic rings. The number of hydrogen-bond acceptors (Lipinski definition) is 6. The largest absolute Gasteiger partial charge is 0.394 e. The number of aliphatic hydroxyl groups is 1. The Morgan fingerprint density at radius 2 is 2.00 bits per heavy atom. The third-order valence-electron chi connectivity index (χ3n) is 4.04. The van der Waals surface area contributed by atoms with Crippen LogP contribution in [0.15, 0.2) is 24.3 Å². The molecule has 132 valence electrons. The van der Waals surface area contributed by atoms with Gasteiger partial charge in [-0.15, -0.1) is 5.10 Å². The number of carbonyl (C=O) groups is 2. The van der Waals surface area contributed by atoms with E-state index >= 15 is 0 Å². The maximum absolute atomic E-state index is 11.9. The Kier molecular flexibility index (Phi) is 5.03. The van der Waals surface area contributed by atoms with Crippen molar-refractivity contribution in [3.63, 3.8) is 0 Å². The third-order valence-corrected chi connectivity index (χ3v) is 4.04. The van der Waals surface area contributed by atoms with Crippen molar-refractivity contribution in [1.29, 1.82) is 0 Å². The Labute approximate surface area is 144 Å². The van der Waals surface area contributed by atoms with E-state index in [4.69, 9.17) is 5.11 Å². The minimum absolute atomic E-state index is 0.208. The van der Waals surface area contributed by atoms with Gasteiger partial charge in [0.2, 0.25) is 0 Å². The van der Waals surface area contributed by atoms with Crippen LogP contribution in [0.3, 0.4) is 0 Å². The second-order valence-electron chi connectivity index (χ2n) is 5.97. The van der Waals surface area contributed by atoms with Crippen LogP contribution < -0.4 is 10.6 Å². The van der Waals surface area contributed by atoms with Crippen molar-refractivity contribution < 1.29 is 14.7 Å². The fourth-order valence-corrected chi connectivity index (χ4v) is 2.37. The van der Waals surface area contributed by atoms with Gasteiger partial charge < -0.3 is 15.7 Å². The Hall–Kier alpha value is -2.81. The molecule has 9 heteroatoms. The minimum Gasteiger partial charge on any atom is -0.394 e. The van der Waals surface area contributed by atoms with Gasteiger partial charge in [-0.1, -0.05) is 6.92 Å². The molecule has 1 aromatic heterocycles.